The van der Waals surface area contributed by atoms with Crippen molar-refractivity contribution in [1.29, 1.82) is 5.26 Å². The van der Waals surface area contributed by atoms with Gasteiger partial charge in [0.05, 0.1) is 12.2 Å². The van der Waals surface area contributed by atoms with Crippen LogP contribution in [0.25, 0.3) is 11.3 Å². The molecule has 1 atom stereocenters. The van der Waals surface area contributed by atoms with Gasteiger partial charge in [-0.1, -0.05) is 0 Å². The van der Waals surface area contributed by atoms with E-state index in [1.54, 1.807) is 11.0 Å². The lowest BCUT2D eigenvalue weighted by Crippen LogP contribution is -2.31. The van der Waals surface area contributed by atoms with Crippen LogP contribution in [-0.4, -0.2) is 57.0 Å². The first-order valence-corrected chi connectivity index (χ1v) is 9.34. The van der Waals surface area contributed by atoms with Crippen LogP contribution in [0.5, 0.6) is 17.4 Å². The molecule has 1 saturated heterocycles. The van der Waals surface area contributed by atoms with Crippen molar-refractivity contribution in [3.8, 4) is 34.7 Å². The van der Waals surface area contributed by atoms with Gasteiger partial charge in [-0.3, -0.25) is 9.89 Å². The number of nitriles is 1. The van der Waals surface area contributed by atoms with Crippen LogP contribution in [-0.2, 0) is 0 Å². The van der Waals surface area contributed by atoms with E-state index in [1.165, 1.54) is 12.4 Å². The standard InChI is InChI=1S/C20H16N6O4/c21-9-16-19(23-5-4-22-16)30-13-3-6-26(10-13)20(27)15-8-14(24-25-15)12-1-2-17-18(7-12)29-11-28-17/h1-2,4-5,7-8,13H,3,6,10-11H2,(H,24,25). The topological polar surface area (TPSA) is 126 Å². The number of nitrogens with zero attached hydrogens (tertiary/aromatic N) is 5. The van der Waals surface area contributed by atoms with E-state index in [9.17, 15) is 4.79 Å². The largest absolute Gasteiger partial charge is 0.470 e. The van der Waals surface area contributed by atoms with Gasteiger partial charge in [0.1, 0.15) is 17.9 Å². The summed E-state index contributed by atoms with van der Waals surface area (Å²) in [4.78, 5) is 22.6. The molecule has 0 saturated carbocycles. The minimum absolute atomic E-state index is 0.129. The molecule has 0 radical (unpaired) electrons. The van der Waals surface area contributed by atoms with Crippen LogP contribution in [0.15, 0.2) is 36.7 Å². The lowest BCUT2D eigenvalue weighted by Gasteiger charge is -2.16. The number of carbonyl (C=O) groups excluding carboxylic acids is 1. The van der Waals surface area contributed by atoms with Crippen molar-refractivity contribution in [1.82, 2.24) is 25.1 Å². The number of fused-ring (bicyclic) bond motifs is 1. The van der Waals surface area contributed by atoms with E-state index in [1.807, 2.05) is 24.3 Å². The number of aromatic amines is 1. The van der Waals surface area contributed by atoms with Crippen molar-refractivity contribution in [3.63, 3.8) is 0 Å². The molecule has 1 N–H and O–H groups in total. The molecule has 150 valence electrons. The maximum absolute atomic E-state index is 12.9. The summed E-state index contributed by atoms with van der Waals surface area (Å²) in [5, 5.41) is 16.2. The highest BCUT2D eigenvalue weighted by Gasteiger charge is 2.30. The van der Waals surface area contributed by atoms with E-state index >= 15 is 0 Å². The second-order valence-corrected chi connectivity index (χ2v) is 6.84. The average Bonchev–Trinajstić information content (AvgIpc) is 3.53. The van der Waals surface area contributed by atoms with Gasteiger partial charge < -0.3 is 19.1 Å². The van der Waals surface area contributed by atoms with Gasteiger partial charge in [0.2, 0.25) is 12.5 Å². The van der Waals surface area contributed by atoms with Crippen LogP contribution < -0.4 is 14.2 Å². The molecule has 0 spiro atoms. The number of amides is 1. The summed E-state index contributed by atoms with van der Waals surface area (Å²) in [7, 11) is 0. The first kappa shape index (κ1) is 17.9. The zero-order valence-electron chi connectivity index (χ0n) is 15.7. The summed E-state index contributed by atoms with van der Waals surface area (Å²) < 4.78 is 16.5. The highest BCUT2D eigenvalue weighted by atomic mass is 16.7. The number of hydrogen-bond acceptors (Lipinski definition) is 8. The highest BCUT2D eigenvalue weighted by molar-refractivity contribution is 5.93. The molecule has 0 aliphatic carbocycles. The van der Waals surface area contributed by atoms with Crippen molar-refractivity contribution in [3.05, 3.63) is 48.0 Å². The second kappa shape index (κ2) is 7.36. The Balaban J connectivity index is 1.26. The van der Waals surface area contributed by atoms with Crippen LogP contribution in [0, 0.1) is 11.3 Å². The number of ether oxygens (including phenoxy) is 3. The van der Waals surface area contributed by atoms with E-state index in [-0.39, 0.29) is 30.4 Å². The molecule has 0 bridgehead atoms. The number of hydrogen-bond donors (Lipinski definition) is 1. The van der Waals surface area contributed by atoms with Gasteiger partial charge >= 0.3 is 0 Å². The molecule has 3 aromatic rings. The van der Waals surface area contributed by atoms with E-state index in [0.29, 0.717) is 42.4 Å². The zero-order chi connectivity index (χ0) is 20.5. The SMILES string of the molecule is N#Cc1nccnc1OC1CCN(C(=O)c2cc(-c3ccc4c(c3)OCO4)n[nH]2)C1. The van der Waals surface area contributed by atoms with E-state index in [0.717, 1.165) is 5.56 Å². The van der Waals surface area contributed by atoms with Gasteiger partial charge in [0.15, 0.2) is 11.5 Å². The van der Waals surface area contributed by atoms with Crippen LogP contribution in [0.4, 0.5) is 0 Å². The minimum Gasteiger partial charge on any atom is -0.470 e. The number of benzene rings is 1. The molecular weight excluding hydrogens is 388 g/mol. The van der Waals surface area contributed by atoms with Gasteiger partial charge in [-0.15, -0.1) is 0 Å². The molecule has 1 fully saturated rings. The first-order valence-electron chi connectivity index (χ1n) is 9.34. The Bertz CT molecular complexity index is 1150. The van der Waals surface area contributed by atoms with Crippen LogP contribution in [0.1, 0.15) is 22.6 Å². The summed E-state index contributed by atoms with van der Waals surface area (Å²) in [5.41, 5.74) is 1.98. The Hall–Kier alpha value is -4.13. The first-order chi connectivity index (χ1) is 14.7. The lowest BCUT2D eigenvalue weighted by atomic mass is 10.1. The third-order valence-corrected chi connectivity index (χ3v) is 4.96. The van der Waals surface area contributed by atoms with Gasteiger partial charge in [-0.2, -0.15) is 10.4 Å². The Morgan fingerprint density at radius 3 is 3.00 bits per heavy atom. The van der Waals surface area contributed by atoms with Gasteiger partial charge in [0.25, 0.3) is 11.8 Å². The summed E-state index contributed by atoms with van der Waals surface area (Å²) in [6.45, 7) is 1.12. The van der Waals surface area contributed by atoms with Gasteiger partial charge in [-0.25, -0.2) is 9.97 Å². The maximum Gasteiger partial charge on any atom is 0.272 e. The van der Waals surface area contributed by atoms with Crippen LogP contribution in [0.2, 0.25) is 0 Å². The molecule has 30 heavy (non-hydrogen) atoms. The highest BCUT2D eigenvalue weighted by Crippen LogP contribution is 2.35. The number of H-pyrrole nitrogens is 1. The van der Waals surface area contributed by atoms with Crippen molar-refractivity contribution in [2.24, 2.45) is 0 Å². The van der Waals surface area contributed by atoms with E-state index < -0.39 is 0 Å². The summed E-state index contributed by atoms with van der Waals surface area (Å²) in [6, 6.07) is 9.18. The molecule has 2 aliphatic rings. The fraction of sp³-hybridized carbons (Fsp3) is 0.250. The molecule has 1 aromatic carbocycles. The van der Waals surface area contributed by atoms with Gasteiger partial charge in [-0.05, 0) is 24.3 Å². The number of nitrogens with one attached hydrogen (secondary N) is 1. The zero-order valence-corrected chi connectivity index (χ0v) is 15.7. The Morgan fingerprint density at radius 2 is 2.10 bits per heavy atom. The maximum atomic E-state index is 12.9. The van der Waals surface area contributed by atoms with Crippen molar-refractivity contribution >= 4 is 5.91 Å². The van der Waals surface area contributed by atoms with E-state index in [4.69, 9.17) is 19.5 Å². The fourth-order valence-electron chi connectivity index (χ4n) is 3.46. The molecule has 4 heterocycles. The number of likely N-dealkylation sites (tertiary alicyclic amines) is 1. The Morgan fingerprint density at radius 1 is 1.23 bits per heavy atom. The monoisotopic (exact) mass is 404 g/mol. The summed E-state index contributed by atoms with van der Waals surface area (Å²) in [6.07, 6.45) is 3.28. The van der Waals surface area contributed by atoms with Crippen molar-refractivity contribution < 1.29 is 19.0 Å². The fourth-order valence-corrected chi connectivity index (χ4v) is 3.46. The van der Waals surface area contributed by atoms with Crippen molar-refractivity contribution in [2.75, 3.05) is 19.9 Å². The summed E-state index contributed by atoms with van der Waals surface area (Å²) in [5.74, 6) is 1.37. The lowest BCUT2D eigenvalue weighted by molar-refractivity contribution is 0.0765. The molecule has 2 aliphatic heterocycles. The number of aromatic nitrogens is 4. The molecule has 10 nitrogen and oxygen atoms in total. The predicted octanol–water partition coefficient (Wildman–Crippen LogP) is 1.76. The molecule has 1 amide bonds. The Labute approximate surface area is 171 Å². The predicted molar refractivity (Wildman–Crippen MR) is 102 cm³/mol. The third-order valence-electron chi connectivity index (χ3n) is 4.96. The number of rotatable bonds is 4. The second-order valence-electron chi connectivity index (χ2n) is 6.84. The minimum atomic E-state index is -0.256. The molecule has 10 heteroatoms. The molecule has 2 aromatic heterocycles. The molecule has 1 unspecified atom stereocenters. The molecule has 5 rings (SSSR count). The van der Waals surface area contributed by atoms with Crippen LogP contribution >= 0.6 is 0 Å². The van der Waals surface area contributed by atoms with E-state index in [2.05, 4.69) is 20.2 Å². The average molecular weight is 404 g/mol. The summed E-state index contributed by atoms with van der Waals surface area (Å²) >= 11 is 0. The normalized spacial score (nSPS) is 17.0. The quantitative estimate of drug-likeness (QED) is 0.697. The Kier molecular flexibility index (Phi) is 4.40. The van der Waals surface area contributed by atoms with Crippen LogP contribution in [0.3, 0.4) is 0 Å². The smallest absolute Gasteiger partial charge is 0.272 e. The number of carbonyl (C=O) groups is 1. The van der Waals surface area contributed by atoms with Crippen molar-refractivity contribution in [2.45, 2.75) is 12.5 Å². The van der Waals surface area contributed by atoms with Gasteiger partial charge in [0, 0.05) is 30.9 Å². The third kappa shape index (κ3) is 3.26. The molecular formula is C20H16N6O4.